The van der Waals surface area contributed by atoms with Gasteiger partial charge in [-0.25, -0.2) is 0 Å². The lowest BCUT2D eigenvalue weighted by Gasteiger charge is -2.31. The van der Waals surface area contributed by atoms with Gasteiger partial charge in [0, 0.05) is 38.4 Å². The summed E-state index contributed by atoms with van der Waals surface area (Å²) in [6.45, 7) is 8.78. The zero-order valence-electron chi connectivity index (χ0n) is 18.1. The summed E-state index contributed by atoms with van der Waals surface area (Å²) < 4.78 is 23.1. The maximum absolute atomic E-state index is 6.25. The van der Waals surface area contributed by atoms with Crippen LogP contribution in [-0.2, 0) is 20.6 Å². The predicted molar refractivity (Wildman–Crippen MR) is 115 cm³/mol. The standard InChI is InChI=1S/C22H36N4O4/c1-2-26-11-3-5-18(26)15-24-21(23-10-7-19-6-4-12-28-19)25-16-20-17-29-22(30-20)8-13-27-14-9-22/h4,6,12,18,20H,2-3,5,7-11,13-17H2,1H3,(H2,23,24,25). The van der Waals surface area contributed by atoms with Gasteiger partial charge in [-0.3, -0.25) is 9.89 Å². The first-order valence-electron chi connectivity index (χ1n) is 11.4. The molecule has 4 rings (SSSR count). The van der Waals surface area contributed by atoms with Gasteiger partial charge in [0.05, 0.1) is 32.6 Å². The molecule has 0 amide bonds. The van der Waals surface area contributed by atoms with Gasteiger partial charge < -0.3 is 29.3 Å². The first kappa shape index (κ1) is 21.6. The summed E-state index contributed by atoms with van der Waals surface area (Å²) in [5, 5.41) is 6.93. The van der Waals surface area contributed by atoms with E-state index >= 15 is 0 Å². The number of rotatable bonds is 8. The summed E-state index contributed by atoms with van der Waals surface area (Å²) in [5.74, 6) is 1.37. The van der Waals surface area contributed by atoms with Gasteiger partial charge in [0.15, 0.2) is 11.7 Å². The molecule has 0 aliphatic carbocycles. The minimum atomic E-state index is -0.444. The highest BCUT2D eigenvalue weighted by atomic mass is 16.7. The first-order chi connectivity index (χ1) is 14.8. The number of ether oxygens (including phenoxy) is 3. The van der Waals surface area contributed by atoms with E-state index < -0.39 is 5.79 Å². The third kappa shape index (κ3) is 5.75. The van der Waals surface area contributed by atoms with Gasteiger partial charge in [-0.1, -0.05) is 6.92 Å². The molecule has 8 nitrogen and oxygen atoms in total. The molecule has 0 saturated carbocycles. The van der Waals surface area contributed by atoms with E-state index in [1.54, 1.807) is 6.26 Å². The molecule has 2 N–H and O–H groups in total. The van der Waals surface area contributed by atoms with Crippen molar-refractivity contribution in [3.63, 3.8) is 0 Å². The van der Waals surface area contributed by atoms with Crippen molar-refractivity contribution in [2.45, 2.75) is 57.0 Å². The average molecular weight is 421 g/mol. The first-order valence-corrected chi connectivity index (χ1v) is 11.4. The van der Waals surface area contributed by atoms with E-state index in [4.69, 9.17) is 23.6 Å². The van der Waals surface area contributed by atoms with Crippen molar-refractivity contribution in [2.75, 3.05) is 52.5 Å². The Morgan fingerprint density at radius 2 is 2.20 bits per heavy atom. The van der Waals surface area contributed by atoms with Crippen LogP contribution >= 0.6 is 0 Å². The van der Waals surface area contributed by atoms with Crippen LogP contribution in [0.25, 0.3) is 0 Å². The fraction of sp³-hybridized carbons (Fsp3) is 0.773. The molecular formula is C22H36N4O4. The minimum Gasteiger partial charge on any atom is -0.469 e. The minimum absolute atomic E-state index is 0.0267. The fourth-order valence-electron chi connectivity index (χ4n) is 4.52. The number of hydrogen-bond acceptors (Lipinski definition) is 6. The van der Waals surface area contributed by atoms with Gasteiger partial charge in [-0.15, -0.1) is 0 Å². The molecular weight excluding hydrogens is 384 g/mol. The van der Waals surface area contributed by atoms with Crippen LogP contribution < -0.4 is 10.6 Å². The topological polar surface area (TPSA) is 80.5 Å². The quantitative estimate of drug-likeness (QED) is 0.490. The Labute approximate surface area is 179 Å². The zero-order chi connectivity index (χ0) is 20.7. The van der Waals surface area contributed by atoms with Gasteiger partial charge in [0.25, 0.3) is 0 Å². The normalized spacial score (nSPS) is 27.0. The maximum atomic E-state index is 6.25. The van der Waals surface area contributed by atoms with Gasteiger partial charge in [-0.05, 0) is 38.1 Å². The van der Waals surface area contributed by atoms with Crippen LogP contribution in [0.3, 0.4) is 0 Å². The molecule has 2 atom stereocenters. The monoisotopic (exact) mass is 420 g/mol. The van der Waals surface area contributed by atoms with E-state index in [9.17, 15) is 0 Å². The number of hydrogen-bond donors (Lipinski definition) is 2. The number of likely N-dealkylation sites (N-methyl/N-ethyl adjacent to an activating group) is 1. The second-order valence-electron chi connectivity index (χ2n) is 8.32. The zero-order valence-corrected chi connectivity index (χ0v) is 18.1. The molecule has 3 aliphatic heterocycles. The second-order valence-corrected chi connectivity index (χ2v) is 8.32. The summed E-state index contributed by atoms with van der Waals surface area (Å²) in [5.41, 5.74) is 0. The Balaban J connectivity index is 1.29. The molecule has 1 spiro atoms. The van der Waals surface area contributed by atoms with Crippen molar-refractivity contribution >= 4 is 5.96 Å². The largest absolute Gasteiger partial charge is 0.469 e. The molecule has 4 heterocycles. The van der Waals surface area contributed by atoms with Gasteiger partial charge in [0.2, 0.25) is 0 Å². The highest BCUT2D eigenvalue weighted by Crippen LogP contribution is 2.32. The highest BCUT2D eigenvalue weighted by Gasteiger charge is 2.42. The van der Waals surface area contributed by atoms with E-state index in [2.05, 4.69) is 22.5 Å². The van der Waals surface area contributed by atoms with E-state index in [0.29, 0.717) is 32.4 Å². The molecule has 3 aliphatic rings. The molecule has 0 bridgehead atoms. The molecule has 8 heteroatoms. The Hall–Kier alpha value is -1.61. The van der Waals surface area contributed by atoms with Gasteiger partial charge in [0.1, 0.15) is 11.9 Å². The Kier molecular flexibility index (Phi) is 7.65. The molecule has 3 saturated heterocycles. The van der Waals surface area contributed by atoms with Gasteiger partial charge >= 0.3 is 0 Å². The lowest BCUT2D eigenvalue weighted by Crippen LogP contribution is -2.44. The Morgan fingerprint density at radius 3 is 3.00 bits per heavy atom. The van der Waals surface area contributed by atoms with Crippen LogP contribution in [-0.4, -0.2) is 81.3 Å². The van der Waals surface area contributed by atoms with Crippen molar-refractivity contribution in [3.8, 4) is 0 Å². The van der Waals surface area contributed by atoms with Crippen LogP contribution in [0, 0.1) is 0 Å². The third-order valence-corrected chi connectivity index (χ3v) is 6.27. The number of furan rings is 1. The van der Waals surface area contributed by atoms with Crippen LogP contribution in [0.15, 0.2) is 27.8 Å². The molecule has 1 aromatic rings. The van der Waals surface area contributed by atoms with Crippen LogP contribution in [0.4, 0.5) is 0 Å². The Bertz CT molecular complexity index is 660. The maximum Gasteiger partial charge on any atom is 0.191 e. The SMILES string of the molecule is CCN1CCCC1CN=C(NCCc1ccco1)NCC1COC2(CCOCC2)O1. The molecule has 1 aromatic heterocycles. The molecule has 2 unspecified atom stereocenters. The van der Waals surface area contributed by atoms with Crippen LogP contribution in [0.5, 0.6) is 0 Å². The van der Waals surface area contributed by atoms with Crippen molar-refractivity contribution < 1.29 is 18.6 Å². The molecule has 3 fully saturated rings. The number of guanidine groups is 1. The smallest absolute Gasteiger partial charge is 0.191 e. The lowest BCUT2D eigenvalue weighted by molar-refractivity contribution is -0.210. The molecule has 30 heavy (non-hydrogen) atoms. The van der Waals surface area contributed by atoms with Crippen LogP contribution in [0.2, 0.25) is 0 Å². The average Bonchev–Trinajstić information content (AvgIpc) is 3.52. The summed E-state index contributed by atoms with van der Waals surface area (Å²) in [7, 11) is 0. The molecule has 0 radical (unpaired) electrons. The Morgan fingerprint density at radius 1 is 1.30 bits per heavy atom. The lowest BCUT2D eigenvalue weighted by atomic mass is 10.1. The van der Waals surface area contributed by atoms with Gasteiger partial charge in [-0.2, -0.15) is 0 Å². The third-order valence-electron chi connectivity index (χ3n) is 6.27. The summed E-state index contributed by atoms with van der Waals surface area (Å²) in [4.78, 5) is 7.41. The fourth-order valence-corrected chi connectivity index (χ4v) is 4.52. The number of nitrogens with zero attached hydrogens (tertiary/aromatic N) is 2. The number of aliphatic imine (C=N–C) groups is 1. The van der Waals surface area contributed by atoms with Crippen molar-refractivity contribution in [2.24, 2.45) is 4.99 Å². The highest BCUT2D eigenvalue weighted by molar-refractivity contribution is 5.79. The number of nitrogens with one attached hydrogen (secondary N) is 2. The summed E-state index contributed by atoms with van der Waals surface area (Å²) >= 11 is 0. The van der Waals surface area contributed by atoms with Crippen molar-refractivity contribution in [1.82, 2.24) is 15.5 Å². The van der Waals surface area contributed by atoms with Crippen molar-refractivity contribution in [1.29, 1.82) is 0 Å². The van der Waals surface area contributed by atoms with E-state index in [1.807, 2.05) is 12.1 Å². The summed E-state index contributed by atoms with van der Waals surface area (Å²) in [6, 6.07) is 4.46. The molecule has 168 valence electrons. The summed E-state index contributed by atoms with van der Waals surface area (Å²) in [6.07, 6.45) is 6.67. The van der Waals surface area contributed by atoms with E-state index in [1.165, 1.54) is 19.4 Å². The molecule has 0 aromatic carbocycles. The predicted octanol–water partition coefficient (Wildman–Crippen LogP) is 1.76. The second kappa shape index (κ2) is 10.6. The van der Waals surface area contributed by atoms with E-state index in [-0.39, 0.29) is 6.10 Å². The van der Waals surface area contributed by atoms with Crippen molar-refractivity contribution in [3.05, 3.63) is 24.2 Å². The number of likely N-dealkylation sites (tertiary alicyclic amines) is 1. The van der Waals surface area contributed by atoms with E-state index in [0.717, 1.165) is 50.6 Å². The van der Waals surface area contributed by atoms with Crippen LogP contribution in [0.1, 0.15) is 38.4 Å².